The van der Waals surface area contributed by atoms with Gasteiger partial charge in [0.25, 0.3) is 0 Å². The molecule has 0 spiro atoms. The number of hydrogen-bond donors (Lipinski definition) is 0. The predicted molar refractivity (Wildman–Crippen MR) is 74.7 cm³/mol. The van der Waals surface area contributed by atoms with Crippen LogP contribution in [0.2, 0.25) is 4.34 Å². The van der Waals surface area contributed by atoms with Gasteiger partial charge in [-0.25, -0.2) is 0 Å². The normalized spacial score (nSPS) is 25.3. The molecule has 1 unspecified atom stereocenters. The molecule has 1 aromatic heterocycles. The minimum Gasteiger partial charge on any atom is -0.377 e. The molecule has 0 amide bonds. The van der Waals surface area contributed by atoms with E-state index in [0.717, 1.165) is 30.8 Å². The summed E-state index contributed by atoms with van der Waals surface area (Å²) in [6, 6.07) is 3.57. The molecule has 5 heteroatoms. The van der Waals surface area contributed by atoms with Crippen LogP contribution in [0.1, 0.15) is 29.4 Å². The molecule has 0 aromatic carbocycles. The molecule has 18 heavy (non-hydrogen) atoms. The zero-order chi connectivity index (χ0) is 13.2. The second-order valence-corrected chi connectivity index (χ2v) is 6.71. The molecular weight excluding hydrogens is 270 g/mol. The van der Waals surface area contributed by atoms with Crippen molar-refractivity contribution in [1.82, 2.24) is 4.90 Å². The van der Waals surface area contributed by atoms with E-state index in [1.165, 1.54) is 11.3 Å². The van der Waals surface area contributed by atoms with Gasteiger partial charge in [-0.15, -0.1) is 11.3 Å². The van der Waals surface area contributed by atoms with Crippen LogP contribution in [0.5, 0.6) is 0 Å². The lowest BCUT2D eigenvalue weighted by atomic mass is 9.94. The number of carbonyl (C=O) groups is 1. The summed E-state index contributed by atoms with van der Waals surface area (Å²) in [5.41, 5.74) is -0.119. The van der Waals surface area contributed by atoms with Crippen LogP contribution in [-0.4, -0.2) is 43.0 Å². The molecule has 0 aliphatic carbocycles. The third-order valence-corrected chi connectivity index (χ3v) is 4.72. The summed E-state index contributed by atoms with van der Waals surface area (Å²) in [4.78, 5) is 15.0. The Morgan fingerprint density at radius 2 is 2.39 bits per heavy atom. The second-order valence-electron chi connectivity index (χ2n) is 5.00. The molecule has 0 saturated carbocycles. The Morgan fingerprint density at radius 1 is 1.61 bits per heavy atom. The maximum atomic E-state index is 12.1. The van der Waals surface area contributed by atoms with Gasteiger partial charge in [-0.05, 0) is 38.4 Å². The third kappa shape index (κ3) is 3.32. The molecule has 1 fully saturated rings. The lowest BCUT2D eigenvalue weighted by Gasteiger charge is -2.39. The van der Waals surface area contributed by atoms with Crippen LogP contribution >= 0.6 is 22.9 Å². The molecule has 2 rings (SSSR count). The largest absolute Gasteiger partial charge is 0.377 e. The van der Waals surface area contributed by atoms with E-state index in [1.54, 1.807) is 19.2 Å². The summed E-state index contributed by atoms with van der Waals surface area (Å²) in [5.74, 6) is 0.146. The van der Waals surface area contributed by atoms with E-state index in [2.05, 4.69) is 11.8 Å². The van der Waals surface area contributed by atoms with E-state index < -0.39 is 0 Å². The van der Waals surface area contributed by atoms with Gasteiger partial charge in [0.1, 0.15) is 0 Å². The van der Waals surface area contributed by atoms with Crippen LogP contribution in [0.3, 0.4) is 0 Å². The highest BCUT2D eigenvalue weighted by molar-refractivity contribution is 7.18. The fraction of sp³-hybridized carbons (Fsp3) is 0.615. The average Bonchev–Trinajstić information content (AvgIpc) is 2.76. The minimum absolute atomic E-state index is 0.119. The maximum absolute atomic E-state index is 12.1. The van der Waals surface area contributed by atoms with Gasteiger partial charge in [0.15, 0.2) is 5.78 Å². The number of nitrogens with zero attached hydrogens (tertiary/aromatic N) is 1. The molecule has 0 N–H and O–H groups in total. The first kappa shape index (κ1) is 14.0. The fourth-order valence-corrected chi connectivity index (χ4v) is 3.33. The Balaban J connectivity index is 1.95. The average molecular weight is 288 g/mol. The summed E-state index contributed by atoms with van der Waals surface area (Å²) >= 11 is 7.20. The van der Waals surface area contributed by atoms with Crippen LogP contribution in [0.4, 0.5) is 0 Å². The predicted octanol–water partition coefficient (Wildman–Crippen LogP) is 3.09. The second kappa shape index (κ2) is 5.70. The van der Waals surface area contributed by atoms with Gasteiger partial charge in [0.2, 0.25) is 0 Å². The van der Waals surface area contributed by atoms with Crippen LogP contribution in [0, 0.1) is 0 Å². The molecule has 3 nitrogen and oxygen atoms in total. The van der Waals surface area contributed by atoms with Gasteiger partial charge in [0, 0.05) is 13.7 Å². The number of ketones is 1. The van der Waals surface area contributed by atoms with E-state index in [9.17, 15) is 4.79 Å². The molecule has 100 valence electrons. The topological polar surface area (TPSA) is 29.5 Å². The van der Waals surface area contributed by atoms with Gasteiger partial charge in [-0.1, -0.05) is 11.6 Å². The summed E-state index contributed by atoms with van der Waals surface area (Å²) in [6.45, 7) is 4.33. The number of halogens is 1. The SMILES string of the molecule is COC1(C)CCCN(CC(=O)c2ccc(Cl)s2)C1. The van der Waals surface area contributed by atoms with Gasteiger partial charge < -0.3 is 4.74 Å². The van der Waals surface area contributed by atoms with Crippen molar-refractivity contribution in [1.29, 1.82) is 0 Å². The number of thiophene rings is 1. The molecule has 0 bridgehead atoms. The van der Waals surface area contributed by atoms with Crippen molar-refractivity contribution in [2.24, 2.45) is 0 Å². The zero-order valence-corrected chi connectivity index (χ0v) is 12.3. The number of ether oxygens (including phenoxy) is 1. The number of methoxy groups -OCH3 is 1. The van der Waals surface area contributed by atoms with E-state index in [1.807, 2.05) is 0 Å². The Labute approximate surface area is 117 Å². The van der Waals surface area contributed by atoms with Gasteiger partial charge in [-0.3, -0.25) is 9.69 Å². The van der Waals surface area contributed by atoms with Crippen molar-refractivity contribution >= 4 is 28.7 Å². The highest BCUT2D eigenvalue weighted by atomic mass is 35.5. The highest BCUT2D eigenvalue weighted by Crippen LogP contribution is 2.25. The summed E-state index contributed by atoms with van der Waals surface area (Å²) < 4.78 is 6.19. The fourth-order valence-electron chi connectivity index (χ4n) is 2.35. The Kier molecular flexibility index (Phi) is 4.43. The lowest BCUT2D eigenvalue weighted by Crippen LogP contribution is -2.48. The quantitative estimate of drug-likeness (QED) is 0.797. The molecule has 1 saturated heterocycles. The number of likely N-dealkylation sites (tertiary alicyclic amines) is 1. The van der Waals surface area contributed by atoms with Gasteiger partial charge >= 0.3 is 0 Å². The Bertz CT molecular complexity index is 434. The van der Waals surface area contributed by atoms with E-state index >= 15 is 0 Å². The molecule has 0 radical (unpaired) electrons. The summed E-state index contributed by atoms with van der Waals surface area (Å²) in [6.07, 6.45) is 2.13. The highest BCUT2D eigenvalue weighted by Gasteiger charge is 2.31. The summed E-state index contributed by atoms with van der Waals surface area (Å²) in [7, 11) is 1.74. The van der Waals surface area contributed by atoms with E-state index in [0.29, 0.717) is 10.9 Å². The van der Waals surface area contributed by atoms with Crippen molar-refractivity contribution in [2.75, 3.05) is 26.7 Å². The number of hydrogen-bond acceptors (Lipinski definition) is 4. The molecule has 2 heterocycles. The monoisotopic (exact) mass is 287 g/mol. The Morgan fingerprint density at radius 3 is 3.00 bits per heavy atom. The van der Waals surface area contributed by atoms with E-state index in [4.69, 9.17) is 16.3 Å². The molecular formula is C13H18ClNO2S. The van der Waals surface area contributed by atoms with Gasteiger partial charge in [-0.2, -0.15) is 0 Å². The Hall–Kier alpha value is -0.420. The van der Waals surface area contributed by atoms with Crippen molar-refractivity contribution < 1.29 is 9.53 Å². The molecule has 1 aliphatic heterocycles. The van der Waals surface area contributed by atoms with Crippen LogP contribution < -0.4 is 0 Å². The lowest BCUT2D eigenvalue weighted by molar-refractivity contribution is -0.0485. The van der Waals surface area contributed by atoms with Crippen molar-refractivity contribution in [3.63, 3.8) is 0 Å². The summed E-state index contributed by atoms with van der Waals surface area (Å²) in [5, 5.41) is 0. The first-order chi connectivity index (χ1) is 8.52. The minimum atomic E-state index is -0.119. The molecule has 1 aromatic rings. The standard InChI is InChI=1S/C13H18ClNO2S/c1-13(17-2)6-3-7-15(9-13)8-10(16)11-4-5-12(14)18-11/h4-5H,3,6-9H2,1-2H3. The van der Waals surface area contributed by atoms with E-state index in [-0.39, 0.29) is 11.4 Å². The van der Waals surface area contributed by atoms with Crippen molar-refractivity contribution in [3.8, 4) is 0 Å². The first-order valence-corrected chi connectivity index (χ1v) is 7.28. The number of carbonyl (C=O) groups excluding carboxylic acids is 1. The van der Waals surface area contributed by atoms with Crippen LogP contribution in [-0.2, 0) is 4.74 Å². The van der Waals surface area contributed by atoms with Crippen LogP contribution in [0.15, 0.2) is 12.1 Å². The number of Topliss-reactive ketones (excluding diaryl/α,β-unsaturated/α-hetero) is 1. The number of piperidine rings is 1. The molecule has 1 atom stereocenters. The third-order valence-electron chi connectivity index (χ3n) is 3.45. The van der Waals surface area contributed by atoms with Gasteiger partial charge in [0.05, 0.1) is 21.4 Å². The van der Waals surface area contributed by atoms with Crippen molar-refractivity contribution in [2.45, 2.75) is 25.4 Å². The first-order valence-electron chi connectivity index (χ1n) is 6.08. The zero-order valence-electron chi connectivity index (χ0n) is 10.7. The van der Waals surface area contributed by atoms with Crippen molar-refractivity contribution in [3.05, 3.63) is 21.3 Å². The number of rotatable bonds is 4. The van der Waals surface area contributed by atoms with Crippen LogP contribution in [0.25, 0.3) is 0 Å². The maximum Gasteiger partial charge on any atom is 0.186 e. The molecule has 1 aliphatic rings. The smallest absolute Gasteiger partial charge is 0.186 e.